The largest absolute Gasteiger partial charge is 0.497 e. The molecule has 2 aromatic carbocycles. The van der Waals surface area contributed by atoms with E-state index >= 15 is 0 Å². The average molecular weight is 459 g/mol. The first-order chi connectivity index (χ1) is 15.6. The van der Waals surface area contributed by atoms with Crippen molar-refractivity contribution in [3.63, 3.8) is 0 Å². The highest BCUT2D eigenvalue weighted by Gasteiger charge is 2.21. The van der Waals surface area contributed by atoms with Crippen molar-refractivity contribution < 1.29 is 23.7 Å². The summed E-state index contributed by atoms with van der Waals surface area (Å²) in [6.45, 7) is 4.62. The van der Waals surface area contributed by atoms with Crippen LogP contribution < -0.4 is 18.9 Å². The van der Waals surface area contributed by atoms with Crippen LogP contribution in [0.4, 0.5) is 0 Å². The van der Waals surface area contributed by atoms with E-state index in [4.69, 9.17) is 30.5 Å². The van der Waals surface area contributed by atoms with Crippen molar-refractivity contribution in [3.8, 4) is 23.0 Å². The Bertz CT molecular complexity index is 1000. The maximum absolute atomic E-state index is 12.7. The second-order valence-electron chi connectivity index (χ2n) is 7.64. The van der Waals surface area contributed by atoms with Crippen LogP contribution in [0, 0.1) is 0 Å². The van der Waals surface area contributed by atoms with Gasteiger partial charge in [-0.05, 0) is 42.0 Å². The van der Waals surface area contributed by atoms with Crippen LogP contribution in [0.5, 0.6) is 23.0 Å². The number of benzene rings is 2. The van der Waals surface area contributed by atoms with Gasteiger partial charge in [-0.25, -0.2) is 0 Å². The lowest BCUT2D eigenvalue weighted by Crippen LogP contribution is -2.47. The van der Waals surface area contributed by atoms with Gasteiger partial charge >= 0.3 is 0 Å². The zero-order valence-corrected chi connectivity index (χ0v) is 19.1. The molecule has 1 fully saturated rings. The second kappa shape index (κ2) is 10.1. The zero-order chi connectivity index (χ0) is 22.5. The lowest BCUT2D eigenvalue weighted by Gasteiger charge is -2.34. The molecule has 8 heteroatoms. The summed E-state index contributed by atoms with van der Waals surface area (Å²) in [5.41, 5.74) is 1.87. The summed E-state index contributed by atoms with van der Waals surface area (Å²) in [7, 11) is 3.32. The first kappa shape index (κ1) is 22.3. The van der Waals surface area contributed by atoms with Gasteiger partial charge in [-0.1, -0.05) is 11.6 Å². The minimum absolute atomic E-state index is 0.0189. The summed E-state index contributed by atoms with van der Waals surface area (Å²) in [4.78, 5) is 16.9. The molecule has 0 aliphatic carbocycles. The molecule has 2 aromatic rings. The first-order valence-corrected chi connectivity index (χ1v) is 10.9. The van der Waals surface area contributed by atoms with Gasteiger partial charge in [0, 0.05) is 44.4 Å². The molecule has 0 atom stereocenters. The Morgan fingerprint density at radius 1 is 1.06 bits per heavy atom. The van der Waals surface area contributed by atoms with E-state index in [1.54, 1.807) is 32.4 Å². The van der Waals surface area contributed by atoms with E-state index < -0.39 is 0 Å². The second-order valence-corrected chi connectivity index (χ2v) is 8.05. The number of ether oxygens (including phenoxy) is 4. The third-order valence-electron chi connectivity index (χ3n) is 5.60. The van der Waals surface area contributed by atoms with E-state index in [0.29, 0.717) is 42.8 Å². The molecule has 2 aliphatic heterocycles. The molecular formula is C24H27ClN2O5. The maximum Gasteiger partial charge on any atom is 0.246 e. The number of carbonyl (C=O) groups excluding carboxylic acids is 1. The molecule has 0 unspecified atom stereocenters. The van der Waals surface area contributed by atoms with Gasteiger partial charge < -0.3 is 23.8 Å². The fourth-order valence-corrected chi connectivity index (χ4v) is 4.15. The normalized spacial score (nSPS) is 16.3. The Hall–Kier alpha value is -2.90. The summed E-state index contributed by atoms with van der Waals surface area (Å²) in [6.07, 6.45) is 3.35. The number of piperazine rings is 1. The molecule has 1 amide bonds. The number of hydrogen-bond donors (Lipinski definition) is 0. The number of halogens is 1. The highest BCUT2D eigenvalue weighted by atomic mass is 35.5. The molecule has 0 spiro atoms. The molecule has 2 aliphatic rings. The number of methoxy groups -OCH3 is 2. The molecule has 0 bridgehead atoms. The van der Waals surface area contributed by atoms with E-state index in [-0.39, 0.29) is 5.91 Å². The molecule has 32 heavy (non-hydrogen) atoms. The highest BCUT2D eigenvalue weighted by molar-refractivity contribution is 6.32. The number of fused-ring (bicyclic) bond motifs is 1. The molecule has 0 N–H and O–H groups in total. The minimum Gasteiger partial charge on any atom is -0.497 e. The molecule has 170 valence electrons. The minimum atomic E-state index is -0.0189. The van der Waals surface area contributed by atoms with Crippen LogP contribution in [0.2, 0.25) is 5.02 Å². The third-order valence-corrected chi connectivity index (χ3v) is 5.88. The Balaban J connectivity index is 1.34. The third kappa shape index (κ3) is 5.11. The molecule has 7 nitrogen and oxygen atoms in total. The smallest absolute Gasteiger partial charge is 0.246 e. The van der Waals surface area contributed by atoms with Crippen molar-refractivity contribution in [1.82, 2.24) is 9.80 Å². The summed E-state index contributed by atoms with van der Waals surface area (Å²) < 4.78 is 21.9. The zero-order valence-electron chi connectivity index (χ0n) is 18.3. The summed E-state index contributed by atoms with van der Waals surface area (Å²) in [5.74, 6) is 2.79. The van der Waals surface area contributed by atoms with E-state index in [0.717, 1.165) is 42.3 Å². The predicted molar refractivity (Wildman–Crippen MR) is 123 cm³/mol. The SMILES string of the molecule is COc1ccc(OC)c(CN2CCN(C(=O)/C=C/c3cc(Cl)c4c(c3)OCCO4)CC2)c1. The van der Waals surface area contributed by atoms with Crippen LogP contribution in [0.1, 0.15) is 11.1 Å². The van der Waals surface area contributed by atoms with Gasteiger partial charge in [-0.15, -0.1) is 0 Å². The van der Waals surface area contributed by atoms with Crippen molar-refractivity contribution in [3.05, 3.63) is 52.6 Å². The van der Waals surface area contributed by atoms with Crippen LogP contribution in [-0.4, -0.2) is 69.3 Å². The summed E-state index contributed by atoms with van der Waals surface area (Å²) in [5, 5.41) is 0.482. The van der Waals surface area contributed by atoms with Gasteiger partial charge in [0.05, 0.1) is 19.2 Å². The molecule has 0 saturated carbocycles. The van der Waals surface area contributed by atoms with Crippen molar-refractivity contribution in [2.75, 3.05) is 53.6 Å². The Morgan fingerprint density at radius 3 is 2.59 bits per heavy atom. The number of rotatable bonds is 6. The predicted octanol–water partition coefficient (Wildman–Crippen LogP) is 3.49. The standard InChI is InChI=1S/C24H27ClN2O5/c1-29-19-4-5-21(30-2)18(15-19)16-26-7-9-27(10-8-26)23(28)6-3-17-13-20(25)24-22(14-17)31-11-12-32-24/h3-6,13-15H,7-12,16H2,1-2H3/b6-3+. The van der Waals surface area contributed by atoms with E-state index in [9.17, 15) is 4.79 Å². The van der Waals surface area contributed by atoms with Gasteiger partial charge in [0.15, 0.2) is 11.5 Å². The van der Waals surface area contributed by atoms with Gasteiger partial charge in [-0.2, -0.15) is 0 Å². The van der Waals surface area contributed by atoms with Gasteiger partial charge in [0.25, 0.3) is 0 Å². The van der Waals surface area contributed by atoms with Crippen LogP contribution in [-0.2, 0) is 11.3 Å². The van der Waals surface area contributed by atoms with Gasteiger partial charge in [0.1, 0.15) is 24.7 Å². The van der Waals surface area contributed by atoms with Crippen LogP contribution in [0.3, 0.4) is 0 Å². The van der Waals surface area contributed by atoms with E-state index in [1.807, 2.05) is 29.2 Å². The van der Waals surface area contributed by atoms with Crippen molar-refractivity contribution in [1.29, 1.82) is 0 Å². The molecule has 0 aromatic heterocycles. The van der Waals surface area contributed by atoms with Crippen molar-refractivity contribution in [2.24, 2.45) is 0 Å². The van der Waals surface area contributed by atoms with E-state index in [1.165, 1.54) is 0 Å². The van der Waals surface area contributed by atoms with Crippen LogP contribution >= 0.6 is 11.6 Å². The van der Waals surface area contributed by atoms with Gasteiger partial charge in [0.2, 0.25) is 5.91 Å². The average Bonchev–Trinajstić information content (AvgIpc) is 2.83. The molecular weight excluding hydrogens is 432 g/mol. The van der Waals surface area contributed by atoms with Crippen LogP contribution in [0.15, 0.2) is 36.4 Å². The quantitative estimate of drug-likeness (QED) is 0.618. The fourth-order valence-electron chi connectivity index (χ4n) is 3.87. The molecule has 2 heterocycles. The van der Waals surface area contributed by atoms with Crippen molar-refractivity contribution >= 4 is 23.6 Å². The number of hydrogen-bond acceptors (Lipinski definition) is 6. The monoisotopic (exact) mass is 458 g/mol. The van der Waals surface area contributed by atoms with Crippen molar-refractivity contribution in [2.45, 2.75) is 6.54 Å². The first-order valence-electron chi connectivity index (χ1n) is 10.6. The fraction of sp³-hybridized carbons (Fsp3) is 0.375. The maximum atomic E-state index is 12.7. The number of carbonyl (C=O) groups is 1. The lowest BCUT2D eigenvalue weighted by molar-refractivity contribution is -0.127. The molecule has 1 saturated heterocycles. The number of amides is 1. The topological polar surface area (TPSA) is 60.5 Å². The number of nitrogens with zero attached hydrogens (tertiary/aromatic N) is 2. The Kier molecular flexibility index (Phi) is 7.07. The van der Waals surface area contributed by atoms with Crippen LogP contribution in [0.25, 0.3) is 6.08 Å². The lowest BCUT2D eigenvalue weighted by atomic mass is 10.1. The molecule has 4 rings (SSSR count). The Morgan fingerprint density at radius 2 is 1.84 bits per heavy atom. The van der Waals surface area contributed by atoms with Gasteiger partial charge in [-0.3, -0.25) is 9.69 Å². The Labute approximate surface area is 193 Å². The molecule has 0 radical (unpaired) electrons. The summed E-state index contributed by atoms with van der Waals surface area (Å²) in [6, 6.07) is 9.42. The highest BCUT2D eigenvalue weighted by Crippen LogP contribution is 2.38. The van der Waals surface area contributed by atoms with E-state index in [2.05, 4.69) is 4.90 Å². The summed E-state index contributed by atoms with van der Waals surface area (Å²) >= 11 is 6.28.